The number of benzene rings is 1. The maximum absolute atomic E-state index is 11.7. The molecule has 0 aromatic heterocycles. The zero-order valence-corrected chi connectivity index (χ0v) is 13.7. The number of carbonyl (C=O) groups is 2. The standard InChI is InChI=1S/C15H21NO3S2/c1-20-11-9-13(15(18)19)16-14(17)8-5-10-21-12-6-3-2-4-7-12/h2-4,6-7,13H,5,8-11H2,1H3,(H,16,17)(H,18,19). The van der Waals surface area contributed by atoms with Crippen LogP contribution in [0.4, 0.5) is 0 Å². The minimum Gasteiger partial charge on any atom is -0.480 e. The zero-order valence-electron chi connectivity index (χ0n) is 12.1. The Hall–Kier alpha value is -1.14. The van der Waals surface area contributed by atoms with E-state index in [0.717, 1.165) is 17.9 Å². The van der Waals surface area contributed by atoms with Gasteiger partial charge in [0.2, 0.25) is 5.91 Å². The number of carbonyl (C=O) groups excluding carboxylic acids is 1. The molecule has 0 fully saturated rings. The molecule has 2 N–H and O–H groups in total. The van der Waals surface area contributed by atoms with E-state index < -0.39 is 12.0 Å². The van der Waals surface area contributed by atoms with Crippen LogP contribution < -0.4 is 5.32 Å². The summed E-state index contributed by atoms with van der Waals surface area (Å²) in [6, 6.07) is 9.24. The van der Waals surface area contributed by atoms with Crippen molar-refractivity contribution in [3.63, 3.8) is 0 Å². The predicted octanol–water partition coefficient (Wildman–Crippen LogP) is 2.88. The van der Waals surface area contributed by atoms with Crippen LogP contribution in [-0.2, 0) is 9.59 Å². The largest absolute Gasteiger partial charge is 0.480 e. The molecule has 0 aliphatic heterocycles. The molecule has 1 rings (SSSR count). The normalized spacial score (nSPS) is 11.9. The summed E-state index contributed by atoms with van der Waals surface area (Å²) < 4.78 is 0. The lowest BCUT2D eigenvalue weighted by atomic mass is 10.2. The number of thioether (sulfide) groups is 2. The Morgan fingerprint density at radius 1 is 1.24 bits per heavy atom. The van der Waals surface area contributed by atoms with Crippen molar-refractivity contribution in [1.29, 1.82) is 0 Å². The third-order valence-electron chi connectivity index (χ3n) is 2.80. The summed E-state index contributed by atoms with van der Waals surface area (Å²) in [5.74, 6) is 0.425. The monoisotopic (exact) mass is 327 g/mol. The van der Waals surface area contributed by atoms with Gasteiger partial charge in [0.1, 0.15) is 6.04 Å². The van der Waals surface area contributed by atoms with Crippen molar-refractivity contribution in [3.05, 3.63) is 30.3 Å². The van der Waals surface area contributed by atoms with E-state index in [9.17, 15) is 9.59 Å². The van der Waals surface area contributed by atoms with E-state index in [1.807, 2.05) is 36.6 Å². The van der Waals surface area contributed by atoms with Crippen LogP contribution in [-0.4, -0.2) is 40.8 Å². The van der Waals surface area contributed by atoms with E-state index in [2.05, 4.69) is 5.32 Å². The summed E-state index contributed by atoms with van der Waals surface area (Å²) in [5, 5.41) is 11.6. The molecule has 1 atom stereocenters. The van der Waals surface area contributed by atoms with Gasteiger partial charge in [0.05, 0.1) is 0 Å². The predicted molar refractivity (Wildman–Crippen MR) is 89.0 cm³/mol. The number of rotatable bonds is 10. The van der Waals surface area contributed by atoms with Crippen LogP contribution in [0.5, 0.6) is 0 Å². The second-order valence-electron chi connectivity index (χ2n) is 4.50. The van der Waals surface area contributed by atoms with E-state index in [0.29, 0.717) is 12.8 Å². The summed E-state index contributed by atoms with van der Waals surface area (Å²) >= 11 is 3.28. The van der Waals surface area contributed by atoms with Gasteiger partial charge < -0.3 is 10.4 Å². The van der Waals surface area contributed by atoms with Crippen LogP contribution in [0.3, 0.4) is 0 Å². The number of aliphatic carboxylic acids is 1. The van der Waals surface area contributed by atoms with Crippen molar-refractivity contribution < 1.29 is 14.7 Å². The molecular weight excluding hydrogens is 306 g/mol. The van der Waals surface area contributed by atoms with Crippen LogP contribution in [0.2, 0.25) is 0 Å². The lowest BCUT2D eigenvalue weighted by Crippen LogP contribution is -2.41. The van der Waals surface area contributed by atoms with Crippen LogP contribution in [0.15, 0.2) is 35.2 Å². The van der Waals surface area contributed by atoms with Crippen LogP contribution in [0.1, 0.15) is 19.3 Å². The number of hydrogen-bond donors (Lipinski definition) is 2. The molecule has 0 spiro atoms. The average Bonchev–Trinajstić information content (AvgIpc) is 2.48. The minimum absolute atomic E-state index is 0.183. The molecule has 0 saturated heterocycles. The van der Waals surface area contributed by atoms with Gasteiger partial charge in [-0.05, 0) is 42.7 Å². The SMILES string of the molecule is CSCCC(NC(=O)CCCSc1ccccc1)C(=O)O. The Morgan fingerprint density at radius 3 is 2.57 bits per heavy atom. The highest BCUT2D eigenvalue weighted by Crippen LogP contribution is 2.18. The molecule has 0 heterocycles. The van der Waals surface area contributed by atoms with Gasteiger partial charge in [0, 0.05) is 11.3 Å². The van der Waals surface area contributed by atoms with Crippen molar-refractivity contribution in [3.8, 4) is 0 Å². The van der Waals surface area contributed by atoms with Gasteiger partial charge in [-0.1, -0.05) is 18.2 Å². The highest BCUT2D eigenvalue weighted by molar-refractivity contribution is 7.99. The molecule has 6 heteroatoms. The summed E-state index contributed by atoms with van der Waals surface area (Å²) in [7, 11) is 0. The van der Waals surface area contributed by atoms with E-state index in [1.54, 1.807) is 23.5 Å². The first kappa shape index (κ1) is 17.9. The maximum Gasteiger partial charge on any atom is 0.326 e. The first-order chi connectivity index (χ1) is 10.1. The Labute approximate surface area is 134 Å². The van der Waals surface area contributed by atoms with E-state index in [-0.39, 0.29) is 5.91 Å². The lowest BCUT2D eigenvalue weighted by Gasteiger charge is -2.13. The number of hydrogen-bond acceptors (Lipinski definition) is 4. The Bertz CT molecular complexity index is 440. The van der Waals surface area contributed by atoms with E-state index in [4.69, 9.17) is 5.11 Å². The number of carboxylic acids is 1. The Morgan fingerprint density at radius 2 is 1.95 bits per heavy atom. The molecule has 1 unspecified atom stereocenters. The quantitative estimate of drug-likeness (QED) is 0.511. The molecule has 1 aromatic rings. The van der Waals surface area contributed by atoms with Crippen LogP contribution in [0.25, 0.3) is 0 Å². The molecular formula is C15H21NO3S2. The van der Waals surface area contributed by atoms with Crippen molar-refractivity contribution in [2.24, 2.45) is 0 Å². The Kier molecular flexibility index (Phi) is 9.01. The molecule has 0 aliphatic rings. The number of carboxylic acid groups (broad SMARTS) is 1. The summed E-state index contributed by atoms with van der Waals surface area (Å²) in [5.41, 5.74) is 0. The van der Waals surface area contributed by atoms with E-state index >= 15 is 0 Å². The van der Waals surface area contributed by atoms with Crippen LogP contribution >= 0.6 is 23.5 Å². The zero-order chi connectivity index (χ0) is 15.5. The lowest BCUT2D eigenvalue weighted by molar-refractivity contribution is -0.141. The topological polar surface area (TPSA) is 66.4 Å². The summed E-state index contributed by atoms with van der Waals surface area (Å²) in [6.45, 7) is 0. The molecule has 0 bridgehead atoms. The fourth-order valence-corrected chi connectivity index (χ4v) is 3.04. The highest BCUT2D eigenvalue weighted by Gasteiger charge is 2.18. The second kappa shape index (κ2) is 10.6. The molecule has 0 saturated carbocycles. The van der Waals surface area contributed by atoms with Gasteiger partial charge in [-0.2, -0.15) is 11.8 Å². The van der Waals surface area contributed by atoms with Gasteiger partial charge in [0.25, 0.3) is 0 Å². The maximum atomic E-state index is 11.7. The van der Waals surface area contributed by atoms with Crippen LogP contribution in [0, 0.1) is 0 Å². The van der Waals surface area contributed by atoms with Gasteiger partial charge >= 0.3 is 5.97 Å². The molecule has 0 aliphatic carbocycles. The average molecular weight is 327 g/mol. The van der Waals surface area contributed by atoms with Crippen molar-refractivity contribution in [2.75, 3.05) is 17.8 Å². The van der Waals surface area contributed by atoms with Gasteiger partial charge in [0.15, 0.2) is 0 Å². The van der Waals surface area contributed by atoms with Gasteiger partial charge in [-0.15, -0.1) is 11.8 Å². The van der Waals surface area contributed by atoms with Gasteiger partial charge in [-0.3, -0.25) is 4.79 Å². The molecule has 21 heavy (non-hydrogen) atoms. The summed E-state index contributed by atoms with van der Waals surface area (Å²) in [6.07, 6.45) is 3.48. The molecule has 0 radical (unpaired) electrons. The minimum atomic E-state index is -0.962. The fourth-order valence-electron chi connectivity index (χ4n) is 1.70. The first-order valence-corrected chi connectivity index (χ1v) is 9.20. The number of amides is 1. The highest BCUT2D eigenvalue weighted by atomic mass is 32.2. The molecule has 116 valence electrons. The summed E-state index contributed by atoms with van der Waals surface area (Å²) in [4.78, 5) is 24.0. The third kappa shape index (κ3) is 8.02. The number of nitrogens with one attached hydrogen (secondary N) is 1. The molecule has 1 amide bonds. The fraction of sp³-hybridized carbons (Fsp3) is 0.467. The molecule has 1 aromatic carbocycles. The molecule has 4 nitrogen and oxygen atoms in total. The van der Waals surface area contributed by atoms with Crippen molar-refractivity contribution >= 4 is 35.4 Å². The van der Waals surface area contributed by atoms with Crippen molar-refractivity contribution in [2.45, 2.75) is 30.2 Å². The first-order valence-electron chi connectivity index (χ1n) is 6.82. The smallest absolute Gasteiger partial charge is 0.326 e. The third-order valence-corrected chi connectivity index (χ3v) is 4.55. The second-order valence-corrected chi connectivity index (χ2v) is 6.66. The van der Waals surface area contributed by atoms with Crippen molar-refractivity contribution in [1.82, 2.24) is 5.32 Å². The van der Waals surface area contributed by atoms with E-state index in [1.165, 1.54) is 4.90 Å². The van der Waals surface area contributed by atoms with Gasteiger partial charge in [-0.25, -0.2) is 4.79 Å². The Balaban J connectivity index is 2.21.